The van der Waals surface area contributed by atoms with Gasteiger partial charge in [0.2, 0.25) is 5.91 Å². The van der Waals surface area contributed by atoms with Gasteiger partial charge >= 0.3 is 0 Å². The zero-order valence-corrected chi connectivity index (χ0v) is 43.7. The van der Waals surface area contributed by atoms with E-state index < -0.39 is 71.4 Å². The van der Waals surface area contributed by atoms with Crippen LogP contribution in [-0.4, -0.2) is 164 Å². The number of fused-ring (bicyclic) bond motifs is 4. The minimum Gasteiger partial charge on any atom is -0.504 e. The van der Waals surface area contributed by atoms with Gasteiger partial charge in [0.1, 0.15) is 30.5 Å². The van der Waals surface area contributed by atoms with Crippen LogP contribution in [0.2, 0.25) is 0 Å². The molecule has 14 atom stereocenters. The zero-order valence-electron chi connectivity index (χ0n) is 42.0. The minimum absolute atomic E-state index is 0.0844. The normalized spacial score (nSPS) is 36.3. The van der Waals surface area contributed by atoms with Crippen LogP contribution in [0.3, 0.4) is 0 Å². The highest BCUT2D eigenvalue weighted by Gasteiger charge is 2.73. The van der Waals surface area contributed by atoms with Crippen LogP contribution in [0.25, 0.3) is 10.9 Å². The number of aromatic hydroxyl groups is 1. The molecule has 14 rings (SSSR count). The molecule has 4 bridgehead atoms. The van der Waals surface area contributed by atoms with Crippen LogP contribution in [0.5, 0.6) is 23.0 Å². The van der Waals surface area contributed by atoms with Crippen molar-refractivity contribution in [2.45, 2.75) is 136 Å². The highest BCUT2D eigenvalue weighted by atomic mass is 33.1. The first-order valence-electron chi connectivity index (χ1n) is 27.0. The van der Waals surface area contributed by atoms with Crippen LogP contribution in [-0.2, 0) is 49.2 Å². The third kappa shape index (κ3) is 7.14. The van der Waals surface area contributed by atoms with E-state index in [0.29, 0.717) is 60.5 Å². The van der Waals surface area contributed by atoms with Crippen molar-refractivity contribution in [2.75, 3.05) is 56.7 Å². The molecule has 5 aliphatic heterocycles. The highest BCUT2D eigenvalue weighted by molar-refractivity contribution is 8.76. The van der Waals surface area contributed by atoms with Crippen molar-refractivity contribution in [3.63, 3.8) is 0 Å². The second-order valence-electron chi connectivity index (χ2n) is 22.8. The summed E-state index contributed by atoms with van der Waals surface area (Å²) in [6.45, 7) is 5.35. The summed E-state index contributed by atoms with van der Waals surface area (Å²) in [5, 5.41) is 64.5. The van der Waals surface area contributed by atoms with Gasteiger partial charge in [-0.2, -0.15) is 0 Å². The van der Waals surface area contributed by atoms with E-state index in [0.717, 1.165) is 77.1 Å². The molecule has 0 radical (unpaired) electrons. The molecule has 6 heterocycles. The number of H-pyrrole nitrogens is 1. The van der Waals surface area contributed by atoms with Gasteiger partial charge in [0, 0.05) is 77.4 Å². The van der Waals surface area contributed by atoms with Crippen LogP contribution >= 0.6 is 21.6 Å². The summed E-state index contributed by atoms with van der Waals surface area (Å²) in [5.74, 6) is 3.00. The minimum atomic E-state index is -1.71. The number of rotatable bonds is 15. The number of aromatic nitrogens is 1. The third-order valence-electron chi connectivity index (χ3n) is 19.0. The molecule has 2 spiro atoms. The highest BCUT2D eigenvalue weighted by Crippen LogP contribution is 2.69. The first kappa shape index (κ1) is 48.8. The van der Waals surface area contributed by atoms with E-state index >= 15 is 0 Å². The van der Waals surface area contributed by atoms with Gasteiger partial charge in [-0.3, -0.25) is 14.5 Å². The van der Waals surface area contributed by atoms with E-state index in [9.17, 15) is 35.1 Å². The van der Waals surface area contributed by atoms with Crippen molar-refractivity contribution < 1.29 is 58.8 Å². The lowest BCUT2D eigenvalue weighted by Crippen LogP contribution is -2.74. The molecule has 398 valence electrons. The molecule has 4 fully saturated rings. The van der Waals surface area contributed by atoms with Crippen LogP contribution < -0.4 is 24.8 Å². The molecule has 3 aromatic carbocycles. The fourth-order valence-electron chi connectivity index (χ4n) is 15.5. The number of phenolic OH excluding ortho intramolecular Hbond substituents is 1. The number of ether oxygens (including phenoxy) is 5. The molecule has 19 heteroatoms. The van der Waals surface area contributed by atoms with Gasteiger partial charge in [0.15, 0.2) is 41.5 Å². The van der Waals surface area contributed by atoms with E-state index in [1.54, 1.807) is 6.07 Å². The molecule has 1 aromatic heterocycles. The number of likely N-dealkylation sites (tertiary alicyclic amines) is 2. The predicted octanol–water partition coefficient (Wildman–Crippen LogP) is 4.14. The molecule has 4 aromatic rings. The Morgan fingerprint density at radius 2 is 1.76 bits per heavy atom. The number of aromatic amines is 1. The number of hydrogen-bond acceptors (Lipinski definition) is 16. The lowest BCUT2D eigenvalue weighted by Gasteiger charge is -2.62. The number of aliphatic hydroxyl groups is 4. The molecule has 10 aliphatic rings. The number of piperidine rings is 2. The van der Waals surface area contributed by atoms with Crippen LogP contribution in [0, 0.1) is 11.8 Å². The second kappa shape index (κ2) is 18.0. The van der Waals surface area contributed by atoms with Gasteiger partial charge < -0.3 is 69.7 Å². The average molecular weight is 1060 g/mol. The summed E-state index contributed by atoms with van der Waals surface area (Å²) < 4.78 is 32.2. The van der Waals surface area contributed by atoms with Gasteiger partial charge in [-0.05, 0) is 106 Å². The molecular weight excluding hydrogens is 999 g/mol. The number of carbonyl (C=O) groups excluding carboxylic acids is 2. The van der Waals surface area contributed by atoms with Crippen molar-refractivity contribution in [3.05, 3.63) is 88.1 Å². The van der Waals surface area contributed by atoms with Gasteiger partial charge in [0.25, 0.3) is 5.91 Å². The Balaban J connectivity index is 0.593. The number of nitrogens with one attached hydrogen (secondary N) is 3. The maximum Gasteiger partial charge on any atom is 0.252 e. The fourth-order valence-corrected chi connectivity index (χ4v) is 17.4. The molecule has 8 N–H and O–H groups in total. The van der Waals surface area contributed by atoms with Crippen molar-refractivity contribution in [1.82, 2.24) is 20.1 Å². The van der Waals surface area contributed by atoms with E-state index in [1.165, 1.54) is 40.0 Å². The Labute approximate surface area is 442 Å². The van der Waals surface area contributed by atoms with Crippen molar-refractivity contribution >= 4 is 50.0 Å². The second-order valence-corrected chi connectivity index (χ2v) is 25.5. The first-order chi connectivity index (χ1) is 36.3. The summed E-state index contributed by atoms with van der Waals surface area (Å²) >= 11 is 0. The lowest BCUT2D eigenvalue weighted by molar-refractivity contribution is -0.304. The average Bonchev–Trinajstić information content (AvgIpc) is 4.03. The lowest BCUT2D eigenvalue weighted by atomic mass is 9.49. The van der Waals surface area contributed by atoms with Crippen LogP contribution in [0.15, 0.2) is 54.6 Å². The number of benzene rings is 3. The summed E-state index contributed by atoms with van der Waals surface area (Å²) in [6.07, 6.45) is 0.678. The van der Waals surface area contributed by atoms with Crippen molar-refractivity contribution in [2.24, 2.45) is 11.8 Å². The van der Waals surface area contributed by atoms with E-state index in [2.05, 4.69) is 44.6 Å². The Hall–Kier alpha value is -4.54. The number of para-hydroxylation sites is 1. The number of phenols is 1. The van der Waals surface area contributed by atoms with Crippen molar-refractivity contribution in [1.29, 1.82) is 0 Å². The maximum absolute atomic E-state index is 13.6. The van der Waals surface area contributed by atoms with Gasteiger partial charge in [0.05, 0.1) is 34.5 Å². The van der Waals surface area contributed by atoms with Gasteiger partial charge in [-0.25, -0.2) is 0 Å². The number of anilines is 1. The number of carbonyl (C=O) groups is 2. The van der Waals surface area contributed by atoms with E-state index in [4.69, 9.17) is 23.7 Å². The molecular formula is C56H65N5O12S2. The number of nitrogens with zero attached hydrogens (tertiary/aromatic N) is 2. The van der Waals surface area contributed by atoms with Crippen LogP contribution in [0.4, 0.5) is 5.69 Å². The topological polar surface area (TPSA) is 228 Å². The fraction of sp³-hybridized carbons (Fsp3) is 0.571. The molecule has 3 saturated heterocycles. The largest absolute Gasteiger partial charge is 0.504 e. The SMILES string of the molecule is CCOc1ccc2c3c1O[C@H]1[C@@H](O[C@@H]4O[C@H](C(=O)NCCSSCCC(=O)Nc5cccc6c7c([nH]c56)[C@@H]5Oc6c(O)ccc8c6C56CCN(CC5CC5)[C@H](C8)[C@]6(O)C7)[C@@H](O)[C@H](O)[C@H]4O)C=CC4[C@@H](C2)N(C)CCC341. The number of amides is 2. The predicted molar refractivity (Wildman–Crippen MR) is 280 cm³/mol. The molecule has 1 saturated carbocycles. The Morgan fingerprint density at radius 3 is 2.60 bits per heavy atom. The van der Waals surface area contributed by atoms with E-state index in [-0.39, 0.29) is 42.6 Å². The van der Waals surface area contributed by atoms with Crippen molar-refractivity contribution in [3.8, 4) is 23.0 Å². The quantitative estimate of drug-likeness (QED) is 0.0476. The molecule has 17 nitrogen and oxygen atoms in total. The zero-order chi connectivity index (χ0) is 51.3. The van der Waals surface area contributed by atoms with Crippen LogP contribution in [0.1, 0.15) is 78.6 Å². The van der Waals surface area contributed by atoms with E-state index in [1.807, 2.05) is 43.3 Å². The molecule has 3 unspecified atom stereocenters. The summed E-state index contributed by atoms with van der Waals surface area (Å²) in [6, 6.07) is 13.9. The molecule has 2 amide bonds. The standard InChI is InChI=1S/C56H65N5O12S2/c1-3-69-36-13-10-28-23-34-32-11-14-37(50-54(32,16-19-60(34)2)40(28)48(36)72-50)70-53-46(66)44(64)45(65)49(73-53)52(67)57-18-22-75-74-21-15-39(63)58-33-6-4-5-30-31-25-56(68)38-24-29-9-12-35(62)47-41(29)55(56,17-20-61(38)26-27-7-8-27)51(71-47)43(31)59-42(30)33/h4-6,9-14,27,32,34,37-38,44-46,49-51,53,59,62,64-66,68H,3,7-8,15-26H2,1-2H3,(H,57,67)(H,58,63)/t32?,34-,37+,38-,44+,45+,46-,49+,50+,51+,53-,54?,55?,56-/m1/s1. The molecule has 5 aliphatic carbocycles. The Morgan fingerprint density at radius 1 is 0.933 bits per heavy atom. The summed E-state index contributed by atoms with van der Waals surface area (Å²) in [5.41, 5.74) is 5.55. The first-order valence-corrected chi connectivity index (χ1v) is 29.5. The van der Waals surface area contributed by atoms with Gasteiger partial charge in [-0.1, -0.05) is 58.0 Å². The number of likely N-dealkylation sites (N-methyl/N-ethyl adjacent to an activating group) is 1. The maximum atomic E-state index is 13.6. The molecule has 75 heavy (non-hydrogen) atoms. The Bertz CT molecular complexity index is 3030. The van der Waals surface area contributed by atoms with Gasteiger partial charge in [-0.15, -0.1) is 0 Å². The third-order valence-corrected chi connectivity index (χ3v) is 21.4. The smallest absolute Gasteiger partial charge is 0.252 e. The number of hydrogen-bond donors (Lipinski definition) is 8. The Kier molecular flexibility index (Phi) is 11.7. The summed E-state index contributed by atoms with van der Waals surface area (Å²) in [4.78, 5) is 35.7. The summed E-state index contributed by atoms with van der Waals surface area (Å²) in [7, 11) is 5.15. The number of aliphatic hydroxyl groups excluding tert-OH is 3. The monoisotopic (exact) mass is 1060 g/mol.